The van der Waals surface area contributed by atoms with Crippen LogP contribution in [-0.4, -0.2) is 35.5 Å². The topological polar surface area (TPSA) is 55.6 Å². The van der Waals surface area contributed by atoms with Crippen LogP contribution in [0.25, 0.3) is 6.08 Å². The molecule has 4 rings (SSSR count). The van der Waals surface area contributed by atoms with E-state index in [1.807, 2.05) is 0 Å². The third-order valence-electron chi connectivity index (χ3n) is 5.21. The molecule has 5 nitrogen and oxygen atoms in total. The molecule has 1 fully saturated rings. The Balaban J connectivity index is 1.39. The number of piperidine rings is 1. The van der Waals surface area contributed by atoms with Gasteiger partial charge in [0.2, 0.25) is 0 Å². The standard InChI is InChI=1S/C20H22N2O3/c1-2-24-19(23)18-21-13-16(25-18)14-22-11-9-20(10-12-22)8-7-15-5-3-4-6-17(15)20/h3-8,13H,2,9-12,14H2,1H3. The first kappa shape index (κ1) is 16.1. The number of esters is 1. The Morgan fingerprint density at radius 3 is 2.92 bits per heavy atom. The van der Waals surface area contributed by atoms with Crippen LogP contribution in [0.15, 0.2) is 41.0 Å². The molecule has 1 aliphatic heterocycles. The predicted octanol–water partition coefficient (Wildman–Crippen LogP) is 3.41. The van der Waals surface area contributed by atoms with Gasteiger partial charge in [0.15, 0.2) is 0 Å². The van der Waals surface area contributed by atoms with Crippen molar-refractivity contribution in [3.63, 3.8) is 0 Å². The molecule has 0 N–H and O–H groups in total. The number of carbonyl (C=O) groups is 1. The number of nitrogens with zero attached hydrogens (tertiary/aromatic N) is 2. The third kappa shape index (κ3) is 3.00. The molecule has 1 spiro atoms. The number of hydrogen-bond donors (Lipinski definition) is 0. The van der Waals surface area contributed by atoms with Crippen molar-refractivity contribution in [1.29, 1.82) is 0 Å². The van der Waals surface area contributed by atoms with E-state index < -0.39 is 5.97 Å². The van der Waals surface area contributed by atoms with Gasteiger partial charge in [-0.25, -0.2) is 9.78 Å². The Labute approximate surface area is 147 Å². The van der Waals surface area contributed by atoms with Gasteiger partial charge in [-0.3, -0.25) is 4.90 Å². The first-order valence-electron chi connectivity index (χ1n) is 8.83. The van der Waals surface area contributed by atoms with Gasteiger partial charge in [0.05, 0.1) is 19.3 Å². The maximum absolute atomic E-state index is 11.6. The Kier molecular flexibility index (Phi) is 4.17. The molecule has 0 saturated carbocycles. The summed E-state index contributed by atoms with van der Waals surface area (Å²) in [6.07, 6.45) is 8.45. The molecule has 2 aromatic rings. The quantitative estimate of drug-likeness (QED) is 0.800. The summed E-state index contributed by atoms with van der Waals surface area (Å²) in [6, 6.07) is 8.68. The van der Waals surface area contributed by atoms with Crippen molar-refractivity contribution in [1.82, 2.24) is 9.88 Å². The minimum absolute atomic E-state index is 0.0398. The summed E-state index contributed by atoms with van der Waals surface area (Å²) in [7, 11) is 0. The van der Waals surface area contributed by atoms with Crippen molar-refractivity contribution in [2.75, 3.05) is 19.7 Å². The van der Waals surface area contributed by atoms with E-state index in [4.69, 9.17) is 9.15 Å². The summed E-state index contributed by atoms with van der Waals surface area (Å²) < 4.78 is 10.4. The fourth-order valence-electron chi connectivity index (χ4n) is 3.87. The Hall–Kier alpha value is -2.40. The molecule has 5 heteroatoms. The number of ether oxygens (including phenoxy) is 1. The number of benzene rings is 1. The van der Waals surface area contributed by atoms with Gasteiger partial charge in [-0.2, -0.15) is 0 Å². The largest absolute Gasteiger partial charge is 0.459 e. The molecule has 1 aromatic heterocycles. The molecule has 1 saturated heterocycles. The van der Waals surface area contributed by atoms with Crippen molar-refractivity contribution in [2.45, 2.75) is 31.7 Å². The SMILES string of the molecule is CCOC(=O)c1ncc(CN2CCC3(C=Cc4ccccc43)CC2)o1. The van der Waals surface area contributed by atoms with Gasteiger partial charge in [-0.1, -0.05) is 36.4 Å². The van der Waals surface area contributed by atoms with Crippen LogP contribution >= 0.6 is 0 Å². The fourth-order valence-corrected chi connectivity index (χ4v) is 3.87. The molecular weight excluding hydrogens is 316 g/mol. The lowest BCUT2D eigenvalue weighted by atomic mass is 9.74. The summed E-state index contributed by atoms with van der Waals surface area (Å²) in [4.78, 5) is 18.0. The minimum Gasteiger partial charge on any atom is -0.459 e. The van der Waals surface area contributed by atoms with Crippen LogP contribution in [0.5, 0.6) is 0 Å². The smallest absolute Gasteiger partial charge is 0.394 e. The first-order chi connectivity index (χ1) is 12.2. The van der Waals surface area contributed by atoms with Crippen molar-refractivity contribution in [2.24, 2.45) is 0 Å². The lowest BCUT2D eigenvalue weighted by Gasteiger charge is -2.39. The van der Waals surface area contributed by atoms with Crippen LogP contribution in [0.2, 0.25) is 0 Å². The van der Waals surface area contributed by atoms with Crippen LogP contribution in [0.3, 0.4) is 0 Å². The predicted molar refractivity (Wildman–Crippen MR) is 94.1 cm³/mol. The second-order valence-electron chi connectivity index (χ2n) is 6.71. The highest BCUT2D eigenvalue weighted by atomic mass is 16.5. The minimum atomic E-state index is -0.501. The zero-order valence-corrected chi connectivity index (χ0v) is 14.4. The van der Waals surface area contributed by atoms with E-state index in [1.54, 1.807) is 13.1 Å². The number of hydrogen-bond acceptors (Lipinski definition) is 5. The molecular formula is C20H22N2O3. The van der Waals surface area contributed by atoms with Gasteiger partial charge in [0.25, 0.3) is 0 Å². The number of oxazole rings is 1. The molecule has 1 aliphatic carbocycles. The molecule has 2 aliphatic rings. The van der Waals surface area contributed by atoms with Gasteiger partial charge >= 0.3 is 11.9 Å². The number of fused-ring (bicyclic) bond motifs is 2. The molecule has 0 unspecified atom stereocenters. The molecule has 130 valence electrons. The highest BCUT2D eigenvalue weighted by molar-refractivity contribution is 5.84. The zero-order valence-electron chi connectivity index (χ0n) is 14.4. The van der Waals surface area contributed by atoms with Crippen LogP contribution in [0.4, 0.5) is 0 Å². The zero-order chi connectivity index (χ0) is 17.3. The van der Waals surface area contributed by atoms with E-state index in [-0.39, 0.29) is 11.3 Å². The number of carbonyl (C=O) groups excluding carboxylic acids is 1. The molecule has 2 heterocycles. The van der Waals surface area contributed by atoms with E-state index in [2.05, 4.69) is 46.3 Å². The van der Waals surface area contributed by atoms with Gasteiger partial charge in [0, 0.05) is 5.41 Å². The van der Waals surface area contributed by atoms with Gasteiger partial charge in [-0.15, -0.1) is 0 Å². The first-order valence-corrected chi connectivity index (χ1v) is 8.83. The van der Waals surface area contributed by atoms with Crippen LogP contribution in [0.1, 0.15) is 47.3 Å². The van der Waals surface area contributed by atoms with Crippen LogP contribution < -0.4 is 0 Å². The maximum atomic E-state index is 11.6. The molecule has 1 aromatic carbocycles. The average molecular weight is 338 g/mol. The highest BCUT2D eigenvalue weighted by Crippen LogP contribution is 2.43. The second-order valence-corrected chi connectivity index (χ2v) is 6.71. The van der Waals surface area contributed by atoms with Crippen molar-refractivity contribution < 1.29 is 13.9 Å². The monoisotopic (exact) mass is 338 g/mol. The number of aromatic nitrogens is 1. The van der Waals surface area contributed by atoms with Crippen molar-refractivity contribution in [3.8, 4) is 0 Å². The molecule has 0 bridgehead atoms. The van der Waals surface area contributed by atoms with Gasteiger partial charge < -0.3 is 9.15 Å². The lowest BCUT2D eigenvalue weighted by Crippen LogP contribution is -2.40. The van der Waals surface area contributed by atoms with E-state index in [0.29, 0.717) is 18.9 Å². The summed E-state index contributed by atoms with van der Waals surface area (Å²) >= 11 is 0. The summed E-state index contributed by atoms with van der Waals surface area (Å²) in [5.41, 5.74) is 2.99. The Morgan fingerprint density at radius 2 is 2.12 bits per heavy atom. The van der Waals surface area contributed by atoms with E-state index in [0.717, 1.165) is 25.9 Å². The normalized spacial score (nSPS) is 18.4. The number of likely N-dealkylation sites (tertiary alicyclic amines) is 1. The number of rotatable bonds is 4. The van der Waals surface area contributed by atoms with Crippen LogP contribution in [-0.2, 0) is 16.7 Å². The summed E-state index contributed by atoms with van der Waals surface area (Å²) in [5.74, 6) is 0.249. The van der Waals surface area contributed by atoms with Gasteiger partial charge in [-0.05, 0) is 44.0 Å². The van der Waals surface area contributed by atoms with Crippen molar-refractivity contribution >= 4 is 12.0 Å². The lowest BCUT2D eigenvalue weighted by molar-refractivity contribution is 0.0476. The number of allylic oxidation sites excluding steroid dienone is 1. The average Bonchev–Trinajstić information content (AvgIpc) is 3.24. The van der Waals surface area contributed by atoms with E-state index in [9.17, 15) is 4.79 Å². The highest BCUT2D eigenvalue weighted by Gasteiger charge is 2.37. The third-order valence-corrected chi connectivity index (χ3v) is 5.21. The van der Waals surface area contributed by atoms with Gasteiger partial charge in [0.1, 0.15) is 5.76 Å². The van der Waals surface area contributed by atoms with Crippen molar-refractivity contribution in [3.05, 3.63) is 59.3 Å². The second kappa shape index (κ2) is 6.48. The molecule has 0 atom stereocenters. The molecule has 0 amide bonds. The Bertz CT molecular complexity index is 801. The fraction of sp³-hybridized carbons (Fsp3) is 0.400. The maximum Gasteiger partial charge on any atom is 0.394 e. The van der Waals surface area contributed by atoms with E-state index in [1.165, 1.54) is 11.1 Å². The molecule has 0 radical (unpaired) electrons. The van der Waals surface area contributed by atoms with Crippen LogP contribution in [0, 0.1) is 0 Å². The summed E-state index contributed by atoms with van der Waals surface area (Å²) in [6.45, 7) is 4.75. The Morgan fingerprint density at radius 1 is 1.32 bits per heavy atom. The van der Waals surface area contributed by atoms with E-state index >= 15 is 0 Å². The molecule has 25 heavy (non-hydrogen) atoms. The summed E-state index contributed by atoms with van der Waals surface area (Å²) in [5, 5.41) is 0.